The lowest BCUT2D eigenvalue weighted by Crippen LogP contribution is -2.56. The Morgan fingerprint density at radius 3 is 2.13 bits per heavy atom. The summed E-state index contributed by atoms with van der Waals surface area (Å²) in [6.45, 7) is 0.388. The fourth-order valence-corrected chi connectivity index (χ4v) is 4.09. The van der Waals surface area contributed by atoms with Crippen molar-refractivity contribution in [3.8, 4) is 0 Å². The number of alkyl halides is 5. The molecule has 1 aliphatic heterocycles. The number of halogens is 5. The lowest BCUT2D eigenvalue weighted by Gasteiger charge is -2.35. The molecule has 0 spiro atoms. The average molecular weight is 569 g/mol. The van der Waals surface area contributed by atoms with Crippen LogP contribution in [0.2, 0.25) is 0 Å². The smallest absolute Gasteiger partial charge is 0.459 e. The summed E-state index contributed by atoms with van der Waals surface area (Å²) >= 11 is 0. The van der Waals surface area contributed by atoms with Gasteiger partial charge in [0.2, 0.25) is 0 Å². The molecule has 3 rings (SSSR count). The van der Waals surface area contributed by atoms with E-state index in [4.69, 9.17) is 18.9 Å². The van der Waals surface area contributed by atoms with Crippen molar-refractivity contribution in [2.24, 2.45) is 0 Å². The fraction of sp³-hybridized carbons (Fsp3) is 0.458. The molecule has 8 nitrogen and oxygen atoms in total. The molecular weight excluding hydrogens is 543 g/mol. The number of benzene rings is 2. The first-order valence-electron chi connectivity index (χ1n) is 11.2. The third-order valence-corrected chi connectivity index (χ3v) is 6.40. The Balaban J connectivity index is 1.93. The lowest BCUT2D eigenvalue weighted by molar-refractivity contribution is -0.238. The first kappa shape index (κ1) is 29.9. The minimum absolute atomic E-state index is 0.112. The van der Waals surface area contributed by atoms with Crippen molar-refractivity contribution in [1.82, 2.24) is 0 Å². The highest BCUT2D eigenvalue weighted by Gasteiger charge is 2.59. The summed E-state index contributed by atoms with van der Waals surface area (Å²) < 4.78 is 119. The van der Waals surface area contributed by atoms with Gasteiger partial charge < -0.3 is 18.9 Å². The molecule has 38 heavy (non-hydrogen) atoms. The standard InChI is InChI=1S/C24H25F5O8S/c1-22(2)35-14-18(36-22)20(33-13-16-9-5-3-6-10-16)23(25,26)19(37-38(31,32)24(27,28)29)15-34-21(30)17-11-7-4-8-12-17/h3-12,18-20H,13-15H2,1-2H3/t18-,19-,20-/m1/s1. The van der Waals surface area contributed by atoms with Gasteiger partial charge in [-0.2, -0.15) is 21.6 Å². The van der Waals surface area contributed by atoms with E-state index in [1.54, 1.807) is 36.4 Å². The van der Waals surface area contributed by atoms with E-state index >= 15 is 8.78 Å². The molecule has 1 heterocycles. The van der Waals surface area contributed by atoms with Crippen LogP contribution < -0.4 is 0 Å². The van der Waals surface area contributed by atoms with Gasteiger partial charge in [0.1, 0.15) is 12.7 Å². The van der Waals surface area contributed by atoms with Crippen LogP contribution in [0.25, 0.3) is 0 Å². The van der Waals surface area contributed by atoms with Crippen LogP contribution in [0, 0.1) is 0 Å². The number of carbonyl (C=O) groups is 1. The first-order chi connectivity index (χ1) is 17.6. The fourth-order valence-electron chi connectivity index (χ4n) is 3.49. The molecule has 210 valence electrons. The molecule has 0 bridgehead atoms. The first-order valence-corrected chi connectivity index (χ1v) is 12.6. The zero-order chi connectivity index (χ0) is 28.2. The molecule has 0 saturated carbocycles. The van der Waals surface area contributed by atoms with Crippen molar-refractivity contribution in [3.63, 3.8) is 0 Å². The second-order valence-corrected chi connectivity index (χ2v) is 10.3. The normalized spacial score (nSPS) is 19.6. The van der Waals surface area contributed by atoms with Crippen LogP contribution in [0.1, 0.15) is 29.8 Å². The van der Waals surface area contributed by atoms with E-state index < -0.39 is 71.4 Å². The van der Waals surface area contributed by atoms with Crippen molar-refractivity contribution >= 4 is 16.1 Å². The SMILES string of the molecule is CC1(C)OC[C@H]([C@@H](OCc2ccccc2)C(F)(F)[C@@H](COC(=O)c2ccccc2)OS(=O)(=O)C(F)(F)F)O1. The highest BCUT2D eigenvalue weighted by atomic mass is 32.2. The zero-order valence-electron chi connectivity index (χ0n) is 20.2. The predicted molar refractivity (Wildman–Crippen MR) is 121 cm³/mol. The molecule has 0 radical (unpaired) electrons. The maximum absolute atomic E-state index is 15.9. The molecule has 2 aromatic rings. The molecule has 0 amide bonds. The van der Waals surface area contributed by atoms with Crippen LogP contribution >= 0.6 is 0 Å². The summed E-state index contributed by atoms with van der Waals surface area (Å²) in [5, 5.41) is 0. The lowest BCUT2D eigenvalue weighted by atomic mass is 10.0. The molecule has 0 unspecified atom stereocenters. The molecule has 0 N–H and O–H groups in total. The third-order valence-electron chi connectivity index (χ3n) is 5.35. The minimum atomic E-state index is -6.54. The second kappa shape index (κ2) is 11.6. The largest absolute Gasteiger partial charge is 0.523 e. The maximum Gasteiger partial charge on any atom is 0.523 e. The van der Waals surface area contributed by atoms with Crippen molar-refractivity contribution < 1.29 is 58.3 Å². The van der Waals surface area contributed by atoms with Gasteiger partial charge in [0.25, 0.3) is 0 Å². The van der Waals surface area contributed by atoms with Gasteiger partial charge >= 0.3 is 27.5 Å². The molecule has 1 aliphatic rings. The van der Waals surface area contributed by atoms with E-state index in [9.17, 15) is 26.4 Å². The Bertz CT molecular complexity index is 1170. The van der Waals surface area contributed by atoms with E-state index in [1.165, 1.54) is 38.1 Å². The quantitative estimate of drug-likeness (QED) is 0.170. The second-order valence-electron chi connectivity index (χ2n) is 8.71. The number of carbonyl (C=O) groups excluding carboxylic acids is 1. The minimum Gasteiger partial charge on any atom is -0.459 e. The predicted octanol–water partition coefficient (Wildman–Crippen LogP) is 4.45. The highest BCUT2D eigenvalue weighted by Crippen LogP contribution is 2.38. The van der Waals surface area contributed by atoms with Gasteiger partial charge in [-0.1, -0.05) is 48.5 Å². The third kappa shape index (κ3) is 7.47. The number of hydrogen-bond acceptors (Lipinski definition) is 8. The van der Waals surface area contributed by atoms with E-state index in [1.807, 2.05) is 0 Å². The van der Waals surface area contributed by atoms with Gasteiger partial charge in [-0.25, -0.2) is 17.8 Å². The van der Waals surface area contributed by atoms with E-state index in [0.29, 0.717) is 5.56 Å². The van der Waals surface area contributed by atoms with E-state index in [-0.39, 0.29) is 5.56 Å². The average Bonchev–Trinajstić information content (AvgIpc) is 3.20. The van der Waals surface area contributed by atoms with Crippen LogP contribution in [0.3, 0.4) is 0 Å². The molecule has 0 aliphatic carbocycles. The van der Waals surface area contributed by atoms with Crippen LogP contribution in [0.15, 0.2) is 60.7 Å². The molecule has 1 saturated heterocycles. The Hall–Kier alpha value is -2.65. The van der Waals surface area contributed by atoms with Crippen LogP contribution in [-0.2, 0) is 39.9 Å². The Labute approximate surface area is 215 Å². The van der Waals surface area contributed by atoms with Crippen molar-refractivity contribution in [3.05, 3.63) is 71.8 Å². The van der Waals surface area contributed by atoms with Gasteiger partial charge in [0.05, 0.1) is 18.8 Å². The van der Waals surface area contributed by atoms with Gasteiger partial charge in [-0.3, -0.25) is 0 Å². The number of rotatable bonds is 11. The summed E-state index contributed by atoms with van der Waals surface area (Å²) in [6, 6.07) is 14.9. The molecule has 3 atom stereocenters. The number of ether oxygens (including phenoxy) is 4. The monoisotopic (exact) mass is 568 g/mol. The zero-order valence-corrected chi connectivity index (χ0v) is 21.0. The van der Waals surface area contributed by atoms with Crippen LogP contribution in [0.5, 0.6) is 0 Å². The summed E-state index contributed by atoms with van der Waals surface area (Å²) in [6.07, 6.45) is -7.04. The molecule has 0 aromatic heterocycles. The maximum atomic E-state index is 15.9. The Morgan fingerprint density at radius 2 is 1.61 bits per heavy atom. The Kier molecular flexibility index (Phi) is 9.14. The molecule has 2 aromatic carbocycles. The van der Waals surface area contributed by atoms with E-state index in [0.717, 1.165) is 0 Å². The Morgan fingerprint density at radius 1 is 1.03 bits per heavy atom. The molecular formula is C24H25F5O8S. The summed E-state index contributed by atoms with van der Waals surface area (Å²) in [5.74, 6) is -7.04. The van der Waals surface area contributed by atoms with E-state index in [2.05, 4.69) is 4.18 Å². The summed E-state index contributed by atoms with van der Waals surface area (Å²) in [4.78, 5) is 12.3. The molecule has 14 heteroatoms. The number of hydrogen-bond donors (Lipinski definition) is 0. The van der Waals surface area contributed by atoms with Crippen LogP contribution in [-0.4, -0.2) is 63.1 Å². The van der Waals surface area contributed by atoms with Crippen LogP contribution in [0.4, 0.5) is 22.0 Å². The highest BCUT2D eigenvalue weighted by molar-refractivity contribution is 7.87. The van der Waals surface area contributed by atoms with Gasteiger partial charge in [0.15, 0.2) is 18.0 Å². The van der Waals surface area contributed by atoms with Crippen molar-refractivity contribution in [1.29, 1.82) is 0 Å². The molecule has 1 fully saturated rings. The van der Waals surface area contributed by atoms with Crippen molar-refractivity contribution in [2.45, 2.75) is 56.0 Å². The van der Waals surface area contributed by atoms with Crippen molar-refractivity contribution in [2.75, 3.05) is 13.2 Å². The van der Waals surface area contributed by atoms with Gasteiger partial charge in [-0.05, 0) is 31.5 Å². The topological polar surface area (TPSA) is 97.4 Å². The summed E-state index contributed by atoms with van der Waals surface area (Å²) in [5.41, 5.74) is -5.71. The van der Waals surface area contributed by atoms with Gasteiger partial charge in [0, 0.05) is 0 Å². The number of esters is 1. The van der Waals surface area contributed by atoms with Gasteiger partial charge in [-0.15, -0.1) is 0 Å². The summed E-state index contributed by atoms with van der Waals surface area (Å²) in [7, 11) is -6.54.